The first-order valence-corrected chi connectivity index (χ1v) is 8.65. The van der Waals surface area contributed by atoms with E-state index in [0.29, 0.717) is 19.5 Å². The number of fused-ring (bicyclic) bond motifs is 1. The summed E-state index contributed by atoms with van der Waals surface area (Å²) in [6.45, 7) is 3.23. The number of para-hydroxylation sites is 1. The SMILES string of the molecule is Cc1ccc(N2C[C@@H](NC(=O)N3CCc4ccccc43)CC2=O)cc1. The number of benzene rings is 2. The average molecular weight is 335 g/mol. The zero-order chi connectivity index (χ0) is 17.4. The lowest BCUT2D eigenvalue weighted by atomic mass is 10.2. The van der Waals surface area contributed by atoms with E-state index in [-0.39, 0.29) is 18.0 Å². The van der Waals surface area contributed by atoms with Crippen LogP contribution in [0.4, 0.5) is 16.2 Å². The van der Waals surface area contributed by atoms with Gasteiger partial charge < -0.3 is 10.2 Å². The standard InChI is InChI=1S/C20H21N3O2/c1-14-6-8-17(9-7-14)23-13-16(12-19(23)24)21-20(25)22-11-10-15-4-2-3-5-18(15)22/h2-9,16H,10-13H2,1H3,(H,21,25)/t16-/m0/s1. The molecule has 3 amide bonds. The Morgan fingerprint density at radius 2 is 1.88 bits per heavy atom. The molecule has 1 N–H and O–H groups in total. The number of rotatable bonds is 2. The lowest BCUT2D eigenvalue weighted by Crippen LogP contribution is -2.45. The van der Waals surface area contributed by atoms with Crippen molar-refractivity contribution < 1.29 is 9.59 Å². The number of amides is 3. The predicted molar refractivity (Wildman–Crippen MR) is 98.0 cm³/mol. The Morgan fingerprint density at radius 1 is 1.12 bits per heavy atom. The first kappa shape index (κ1) is 15.7. The van der Waals surface area contributed by atoms with E-state index in [0.717, 1.165) is 23.4 Å². The average Bonchev–Trinajstić information content (AvgIpc) is 3.19. The fourth-order valence-corrected chi connectivity index (χ4v) is 3.58. The van der Waals surface area contributed by atoms with Gasteiger partial charge in [-0.3, -0.25) is 9.69 Å². The second-order valence-corrected chi connectivity index (χ2v) is 6.72. The van der Waals surface area contributed by atoms with Crippen LogP contribution in [0.3, 0.4) is 0 Å². The van der Waals surface area contributed by atoms with E-state index in [2.05, 4.69) is 11.4 Å². The van der Waals surface area contributed by atoms with E-state index in [4.69, 9.17) is 0 Å². The fourth-order valence-electron chi connectivity index (χ4n) is 3.58. The number of urea groups is 1. The second-order valence-electron chi connectivity index (χ2n) is 6.72. The Labute approximate surface area is 147 Å². The molecule has 0 bridgehead atoms. The van der Waals surface area contributed by atoms with Crippen LogP contribution in [-0.4, -0.2) is 31.1 Å². The molecule has 0 aliphatic carbocycles. The van der Waals surface area contributed by atoms with Crippen molar-refractivity contribution in [3.63, 3.8) is 0 Å². The molecule has 2 aromatic carbocycles. The van der Waals surface area contributed by atoms with Gasteiger partial charge in [-0.2, -0.15) is 0 Å². The van der Waals surface area contributed by atoms with Crippen LogP contribution in [0.5, 0.6) is 0 Å². The highest BCUT2D eigenvalue weighted by Gasteiger charge is 2.33. The molecular weight excluding hydrogens is 314 g/mol. The summed E-state index contributed by atoms with van der Waals surface area (Å²) in [6.07, 6.45) is 1.22. The van der Waals surface area contributed by atoms with E-state index >= 15 is 0 Å². The van der Waals surface area contributed by atoms with Crippen molar-refractivity contribution in [2.45, 2.75) is 25.8 Å². The topological polar surface area (TPSA) is 52.7 Å². The highest BCUT2D eigenvalue weighted by Crippen LogP contribution is 2.28. The molecule has 1 saturated heterocycles. The fraction of sp³-hybridized carbons (Fsp3) is 0.300. The molecule has 2 aliphatic heterocycles. The zero-order valence-electron chi connectivity index (χ0n) is 14.2. The normalized spacial score (nSPS) is 19.2. The van der Waals surface area contributed by atoms with Crippen molar-refractivity contribution in [1.29, 1.82) is 0 Å². The molecule has 128 valence electrons. The molecular formula is C20H21N3O2. The summed E-state index contributed by atoms with van der Waals surface area (Å²) >= 11 is 0. The van der Waals surface area contributed by atoms with Gasteiger partial charge in [0.2, 0.25) is 5.91 Å². The third-order valence-electron chi connectivity index (χ3n) is 4.93. The molecule has 1 fully saturated rings. The van der Waals surface area contributed by atoms with E-state index < -0.39 is 0 Å². The molecule has 0 aromatic heterocycles. The lowest BCUT2D eigenvalue weighted by molar-refractivity contribution is -0.117. The maximum Gasteiger partial charge on any atom is 0.322 e. The number of hydrogen-bond acceptors (Lipinski definition) is 2. The van der Waals surface area contributed by atoms with Crippen LogP contribution in [0, 0.1) is 6.92 Å². The summed E-state index contributed by atoms with van der Waals surface area (Å²) in [5, 5.41) is 3.03. The largest absolute Gasteiger partial charge is 0.333 e. The predicted octanol–water partition coefficient (Wildman–Crippen LogP) is 2.87. The van der Waals surface area contributed by atoms with Crippen molar-refractivity contribution in [2.75, 3.05) is 22.9 Å². The van der Waals surface area contributed by atoms with Crippen LogP contribution in [-0.2, 0) is 11.2 Å². The minimum atomic E-state index is -0.158. The molecule has 2 aliphatic rings. The quantitative estimate of drug-likeness (QED) is 0.917. The van der Waals surface area contributed by atoms with Gasteiger partial charge in [0, 0.05) is 30.9 Å². The Bertz CT molecular complexity index is 816. The van der Waals surface area contributed by atoms with Crippen molar-refractivity contribution in [1.82, 2.24) is 5.32 Å². The third kappa shape index (κ3) is 2.97. The molecule has 5 heteroatoms. The third-order valence-corrected chi connectivity index (χ3v) is 4.93. The molecule has 1 atom stereocenters. The molecule has 0 unspecified atom stereocenters. The van der Waals surface area contributed by atoms with Crippen LogP contribution < -0.4 is 15.1 Å². The molecule has 2 aromatic rings. The smallest absolute Gasteiger partial charge is 0.322 e. The lowest BCUT2D eigenvalue weighted by Gasteiger charge is -2.21. The summed E-state index contributed by atoms with van der Waals surface area (Å²) in [7, 11) is 0. The summed E-state index contributed by atoms with van der Waals surface area (Å²) in [4.78, 5) is 28.5. The summed E-state index contributed by atoms with van der Waals surface area (Å²) in [5.74, 6) is 0.0518. The van der Waals surface area contributed by atoms with Crippen LogP contribution >= 0.6 is 0 Å². The van der Waals surface area contributed by atoms with E-state index in [1.807, 2.05) is 49.4 Å². The van der Waals surface area contributed by atoms with Gasteiger partial charge >= 0.3 is 6.03 Å². The second kappa shape index (κ2) is 6.24. The van der Waals surface area contributed by atoms with Gasteiger partial charge in [0.15, 0.2) is 0 Å². The Hall–Kier alpha value is -2.82. The van der Waals surface area contributed by atoms with Crippen LogP contribution in [0.1, 0.15) is 17.5 Å². The minimum absolute atomic E-state index is 0.0518. The van der Waals surface area contributed by atoms with Gasteiger partial charge in [-0.15, -0.1) is 0 Å². The van der Waals surface area contributed by atoms with Crippen molar-refractivity contribution in [3.8, 4) is 0 Å². The monoisotopic (exact) mass is 335 g/mol. The number of anilines is 2. The summed E-state index contributed by atoms with van der Waals surface area (Å²) in [5.41, 5.74) is 4.22. The van der Waals surface area contributed by atoms with Crippen molar-refractivity contribution in [3.05, 3.63) is 59.7 Å². The first-order valence-electron chi connectivity index (χ1n) is 8.65. The Kier molecular flexibility index (Phi) is 3.92. The minimum Gasteiger partial charge on any atom is -0.333 e. The van der Waals surface area contributed by atoms with E-state index in [9.17, 15) is 9.59 Å². The molecule has 0 saturated carbocycles. The Balaban J connectivity index is 1.43. The molecule has 25 heavy (non-hydrogen) atoms. The van der Waals surface area contributed by atoms with Gasteiger partial charge in [-0.05, 0) is 37.1 Å². The van der Waals surface area contributed by atoms with Gasteiger partial charge in [-0.25, -0.2) is 4.79 Å². The van der Waals surface area contributed by atoms with Crippen LogP contribution in [0.15, 0.2) is 48.5 Å². The maximum atomic E-state index is 12.6. The first-order chi connectivity index (χ1) is 12.1. The molecule has 0 spiro atoms. The number of hydrogen-bond donors (Lipinski definition) is 1. The van der Waals surface area contributed by atoms with Crippen molar-refractivity contribution >= 4 is 23.3 Å². The van der Waals surface area contributed by atoms with E-state index in [1.54, 1.807) is 9.80 Å². The number of nitrogens with one attached hydrogen (secondary N) is 1. The van der Waals surface area contributed by atoms with Crippen LogP contribution in [0.25, 0.3) is 0 Å². The highest BCUT2D eigenvalue weighted by atomic mass is 16.2. The van der Waals surface area contributed by atoms with Gasteiger partial charge in [-0.1, -0.05) is 35.9 Å². The summed E-state index contributed by atoms with van der Waals surface area (Å²) in [6, 6.07) is 15.6. The van der Waals surface area contributed by atoms with Gasteiger partial charge in [0.1, 0.15) is 0 Å². The number of nitrogens with zero attached hydrogens (tertiary/aromatic N) is 2. The zero-order valence-corrected chi connectivity index (χ0v) is 14.2. The molecule has 5 nitrogen and oxygen atoms in total. The summed E-state index contributed by atoms with van der Waals surface area (Å²) < 4.78 is 0. The number of carbonyl (C=O) groups is 2. The van der Waals surface area contributed by atoms with Gasteiger partial charge in [0.05, 0.1) is 6.04 Å². The van der Waals surface area contributed by atoms with Crippen molar-refractivity contribution in [2.24, 2.45) is 0 Å². The molecule has 2 heterocycles. The number of carbonyl (C=O) groups excluding carboxylic acids is 2. The molecule has 0 radical (unpaired) electrons. The maximum absolute atomic E-state index is 12.6. The van der Waals surface area contributed by atoms with Crippen LogP contribution in [0.2, 0.25) is 0 Å². The Morgan fingerprint density at radius 3 is 2.68 bits per heavy atom. The highest BCUT2D eigenvalue weighted by molar-refractivity contribution is 5.98. The van der Waals surface area contributed by atoms with E-state index in [1.165, 1.54) is 5.56 Å². The number of aryl methyl sites for hydroxylation is 1. The van der Waals surface area contributed by atoms with Gasteiger partial charge in [0.25, 0.3) is 0 Å². The molecule has 4 rings (SSSR count).